The summed E-state index contributed by atoms with van der Waals surface area (Å²) in [5.41, 5.74) is 3.07. The third kappa shape index (κ3) is 3.72. The van der Waals surface area contributed by atoms with Gasteiger partial charge in [-0.1, -0.05) is 6.07 Å². The van der Waals surface area contributed by atoms with Crippen molar-refractivity contribution in [2.24, 2.45) is 5.41 Å². The summed E-state index contributed by atoms with van der Waals surface area (Å²) < 4.78 is 7.49. The Morgan fingerprint density at radius 1 is 1.28 bits per heavy atom. The molecule has 2 saturated heterocycles. The molecule has 5 heteroatoms. The van der Waals surface area contributed by atoms with Gasteiger partial charge in [-0.05, 0) is 61.5 Å². The summed E-state index contributed by atoms with van der Waals surface area (Å²) in [6, 6.07) is 8.54. The Morgan fingerprint density at radius 3 is 3.00 bits per heavy atom. The number of benzene rings is 1. The van der Waals surface area contributed by atoms with E-state index in [1.54, 1.807) is 7.11 Å². The molecule has 1 spiro atoms. The van der Waals surface area contributed by atoms with E-state index in [1.807, 2.05) is 23.1 Å². The molecule has 2 aliphatic heterocycles. The number of piperidine rings is 1. The molecule has 2 aliphatic rings. The lowest BCUT2D eigenvalue weighted by molar-refractivity contribution is 0.199. The second-order valence-corrected chi connectivity index (χ2v) is 7.59. The van der Waals surface area contributed by atoms with E-state index < -0.39 is 0 Å². The van der Waals surface area contributed by atoms with Gasteiger partial charge in [-0.3, -0.25) is 9.58 Å². The fourth-order valence-electron chi connectivity index (χ4n) is 4.42. The predicted molar refractivity (Wildman–Crippen MR) is 98.8 cm³/mol. The zero-order valence-electron chi connectivity index (χ0n) is 15.1. The number of hydrogen-bond acceptors (Lipinski definition) is 4. The predicted octanol–water partition coefficient (Wildman–Crippen LogP) is 2.52. The molecule has 4 rings (SSSR count). The van der Waals surface area contributed by atoms with Gasteiger partial charge in [0.2, 0.25) is 0 Å². The van der Waals surface area contributed by atoms with E-state index in [2.05, 4.69) is 33.5 Å². The van der Waals surface area contributed by atoms with Crippen LogP contribution < -0.4 is 10.1 Å². The lowest BCUT2D eigenvalue weighted by Crippen LogP contribution is -2.41. The number of nitrogens with one attached hydrogen (secondary N) is 1. The lowest BCUT2D eigenvalue weighted by atomic mass is 9.80. The van der Waals surface area contributed by atoms with Gasteiger partial charge in [0, 0.05) is 37.6 Å². The zero-order chi connectivity index (χ0) is 17.1. The molecule has 25 heavy (non-hydrogen) atoms. The van der Waals surface area contributed by atoms with Crippen molar-refractivity contribution in [2.45, 2.75) is 32.4 Å². The molecule has 3 heterocycles. The first kappa shape index (κ1) is 16.6. The standard InChI is InChI=1S/C20H28N4O/c1-25-19-5-4-17(12-18(19)14-24-10-3-9-22-24)13-23-11-7-20(16-23)6-2-8-21-15-20/h3-5,9-10,12,21H,2,6-8,11,13-16H2,1H3/t20-/m1/s1. The fraction of sp³-hybridized carbons (Fsp3) is 0.550. The summed E-state index contributed by atoms with van der Waals surface area (Å²) >= 11 is 0. The van der Waals surface area contributed by atoms with E-state index in [1.165, 1.54) is 56.6 Å². The molecule has 1 aromatic heterocycles. The first-order valence-corrected chi connectivity index (χ1v) is 9.33. The third-order valence-electron chi connectivity index (χ3n) is 5.72. The van der Waals surface area contributed by atoms with Crippen molar-refractivity contribution in [1.29, 1.82) is 0 Å². The Bertz CT molecular complexity index is 692. The molecule has 5 nitrogen and oxygen atoms in total. The van der Waals surface area contributed by atoms with Crippen LogP contribution in [0.2, 0.25) is 0 Å². The average Bonchev–Trinajstić information content (AvgIpc) is 3.27. The van der Waals surface area contributed by atoms with Gasteiger partial charge < -0.3 is 10.1 Å². The summed E-state index contributed by atoms with van der Waals surface area (Å²) in [5, 5.41) is 7.92. The summed E-state index contributed by atoms with van der Waals surface area (Å²) in [6.45, 7) is 6.59. The molecule has 2 aromatic rings. The fourth-order valence-corrected chi connectivity index (χ4v) is 4.42. The van der Waals surface area contributed by atoms with E-state index >= 15 is 0 Å². The van der Waals surface area contributed by atoms with Crippen molar-refractivity contribution >= 4 is 0 Å². The molecule has 0 aliphatic carbocycles. The van der Waals surface area contributed by atoms with Crippen LogP contribution in [0.1, 0.15) is 30.4 Å². The molecule has 1 aromatic carbocycles. The number of ether oxygens (including phenoxy) is 1. The van der Waals surface area contributed by atoms with Crippen molar-refractivity contribution in [3.63, 3.8) is 0 Å². The summed E-state index contributed by atoms with van der Waals surface area (Å²) in [6.07, 6.45) is 7.84. The molecular formula is C20H28N4O. The summed E-state index contributed by atoms with van der Waals surface area (Å²) in [4.78, 5) is 2.62. The molecule has 2 fully saturated rings. The molecule has 1 N–H and O–H groups in total. The smallest absolute Gasteiger partial charge is 0.123 e. The van der Waals surface area contributed by atoms with Gasteiger partial charge in [-0.15, -0.1) is 0 Å². The van der Waals surface area contributed by atoms with Crippen LogP contribution in [0.15, 0.2) is 36.7 Å². The average molecular weight is 340 g/mol. The monoisotopic (exact) mass is 340 g/mol. The number of aromatic nitrogens is 2. The van der Waals surface area contributed by atoms with Gasteiger partial charge in [-0.25, -0.2) is 0 Å². The van der Waals surface area contributed by atoms with Crippen LogP contribution in [0.25, 0.3) is 0 Å². The van der Waals surface area contributed by atoms with Crippen molar-refractivity contribution in [2.75, 3.05) is 33.3 Å². The Hall–Kier alpha value is -1.85. The maximum atomic E-state index is 5.55. The Balaban J connectivity index is 1.45. The molecule has 1 atom stereocenters. The second-order valence-electron chi connectivity index (χ2n) is 7.59. The van der Waals surface area contributed by atoms with Crippen LogP contribution in [-0.4, -0.2) is 48.0 Å². The Kier molecular flexibility index (Phi) is 4.77. The number of likely N-dealkylation sites (tertiary alicyclic amines) is 1. The zero-order valence-corrected chi connectivity index (χ0v) is 15.1. The quantitative estimate of drug-likeness (QED) is 0.908. The summed E-state index contributed by atoms with van der Waals surface area (Å²) in [7, 11) is 1.74. The lowest BCUT2D eigenvalue weighted by Gasteiger charge is -2.34. The van der Waals surface area contributed by atoms with Gasteiger partial charge in [0.05, 0.1) is 13.7 Å². The molecule has 0 saturated carbocycles. The Morgan fingerprint density at radius 2 is 2.24 bits per heavy atom. The first-order chi connectivity index (χ1) is 12.3. The van der Waals surface area contributed by atoms with Gasteiger partial charge in [0.1, 0.15) is 5.75 Å². The highest BCUT2D eigenvalue weighted by atomic mass is 16.5. The van der Waals surface area contributed by atoms with E-state index in [9.17, 15) is 0 Å². The SMILES string of the molecule is COc1ccc(CN2CC[C@@]3(CCCNC3)C2)cc1Cn1cccn1. The van der Waals surface area contributed by atoms with E-state index in [-0.39, 0.29) is 0 Å². The normalized spacial score (nSPS) is 24.0. The maximum Gasteiger partial charge on any atom is 0.123 e. The van der Waals surface area contributed by atoms with Crippen LogP contribution in [0.3, 0.4) is 0 Å². The second kappa shape index (κ2) is 7.18. The first-order valence-electron chi connectivity index (χ1n) is 9.33. The van der Waals surface area contributed by atoms with Crippen molar-refractivity contribution in [3.05, 3.63) is 47.8 Å². The highest BCUT2D eigenvalue weighted by Gasteiger charge is 2.38. The van der Waals surface area contributed by atoms with E-state index in [4.69, 9.17) is 4.74 Å². The third-order valence-corrected chi connectivity index (χ3v) is 5.72. The van der Waals surface area contributed by atoms with Crippen LogP contribution in [0.5, 0.6) is 5.75 Å². The van der Waals surface area contributed by atoms with Crippen LogP contribution in [0, 0.1) is 5.41 Å². The van der Waals surface area contributed by atoms with E-state index in [0.29, 0.717) is 5.41 Å². The van der Waals surface area contributed by atoms with Crippen LogP contribution in [-0.2, 0) is 13.1 Å². The van der Waals surface area contributed by atoms with Crippen molar-refractivity contribution in [1.82, 2.24) is 20.0 Å². The maximum absolute atomic E-state index is 5.55. The number of methoxy groups -OCH3 is 1. The Labute approximate surface area is 150 Å². The van der Waals surface area contributed by atoms with Gasteiger partial charge in [-0.2, -0.15) is 5.10 Å². The highest BCUT2D eigenvalue weighted by Crippen LogP contribution is 2.37. The highest BCUT2D eigenvalue weighted by molar-refractivity contribution is 5.37. The summed E-state index contributed by atoms with van der Waals surface area (Å²) in [5.74, 6) is 0.939. The number of hydrogen-bond donors (Lipinski definition) is 1. The minimum absolute atomic E-state index is 0.516. The van der Waals surface area contributed by atoms with Crippen LogP contribution >= 0.6 is 0 Å². The van der Waals surface area contributed by atoms with Crippen molar-refractivity contribution in [3.8, 4) is 5.75 Å². The number of rotatable bonds is 5. The van der Waals surface area contributed by atoms with Gasteiger partial charge >= 0.3 is 0 Å². The molecule has 134 valence electrons. The number of nitrogens with zero attached hydrogens (tertiary/aromatic N) is 3. The molecule has 0 amide bonds. The molecule has 0 radical (unpaired) electrons. The largest absolute Gasteiger partial charge is 0.496 e. The van der Waals surface area contributed by atoms with E-state index in [0.717, 1.165) is 18.8 Å². The topological polar surface area (TPSA) is 42.3 Å². The minimum Gasteiger partial charge on any atom is -0.496 e. The van der Waals surface area contributed by atoms with Crippen LogP contribution in [0.4, 0.5) is 0 Å². The van der Waals surface area contributed by atoms with Gasteiger partial charge in [0.25, 0.3) is 0 Å². The minimum atomic E-state index is 0.516. The molecule has 0 bridgehead atoms. The molecule has 0 unspecified atom stereocenters. The van der Waals surface area contributed by atoms with Gasteiger partial charge in [0.15, 0.2) is 0 Å². The molecular weight excluding hydrogens is 312 g/mol. The van der Waals surface area contributed by atoms with Crippen molar-refractivity contribution < 1.29 is 4.74 Å².